The summed E-state index contributed by atoms with van der Waals surface area (Å²) < 4.78 is 4.80. The molecule has 1 fully saturated rings. The Bertz CT molecular complexity index is 1390. The van der Waals surface area contributed by atoms with Crippen LogP contribution in [0.2, 0.25) is 0 Å². The number of ether oxygens (including phenoxy) is 1. The smallest absolute Gasteiger partial charge is 0.337 e. The molecule has 0 aliphatic carbocycles. The van der Waals surface area contributed by atoms with Crippen LogP contribution in [-0.4, -0.2) is 47.6 Å². The number of rotatable bonds is 7. The first kappa shape index (κ1) is 25.3. The van der Waals surface area contributed by atoms with Gasteiger partial charge in [0.05, 0.1) is 29.0 Å². The van der Waals surface area contributed by atoms with Crippen LogP contribution in [0.15, 0.2) is 71.7 Å². The Kier molecular flexibility index (Phi) is 7.28. The minimum absolute atomic E-state index is 0.104. The number of carbonyl (C=O) groups is 2. The van der Waals surface area contributed by atoms with Crippen LogP contribution in [0.1, 0.15) is 52.2 Å². The van der Waals surface area contributed by atoms with E-state index in [1.54, 1.807) is 30.3 Å². The zero-order valence-electron chi connectivity index (χ0n) is 21.1. The van der Waals surface area contributed by atoms with Crippen LogP contribution in [-0.2, 0) is 16.1 Å². The van der Waals surface area contributed by atoms with Crippen molar-refractivity contribution in [3.05, 3.63) is 99.1 Å². The first-order chi connectivity index (χ1) is 18.4. The number of nitrogens with zero attached hydrogens (tertiary/aromatic N) is 3. The molecule has 0 radical (unpaired) electrons. The van der Waals surface area contributed by atoms with Crippen molar-refractivity contribution in [2.45, 2.75) is 31.7 Å². The molecule has 0 spiro atoms. The summed E-state index contributed by atoms with van der Waals surface area (Å²) in [4.78, 5) is 43.4. The van der Waals surface area contributed by atoms with Crippen LogP contribution in [0.3, 0.4) is 0 Å². The normalized spacial score (nSPS) is 17.6. The lowest BCUT2D eigenvalue weighted by Gasteiger charge is -2.26. The highest BCUT2D eigenvalue weighted by Crippen LogP contribution is 2.38. The number of anilines is 1. The number of esters is 1. The second-order valence-corrected chi connectivity index (χ2v) is 9.52. The average molecular weight is 513 g/mol. The minimum atomic E-state index is -0.859. The Morgan fingerprint density at radius 2 is 1.71 bits per heavy atom. The van der Waals surface area contributed by atoms with Gasteiger partial charge in [0.15, 0.2) is 0 Å². The maximum Gasteiger partial charge on any atom is 0.337 e. The van der Waals surface area contributed by atoms with Gasteiger partial charge in [0.1, 0.15) is 5.92 Å². The highest BCUT2D eigenvalue weighted by Gasteiger charge is 2.36. The maximum absolute atomic E-state index is 13.2. The van der Waals surface area contributed by atoms with Crippen molar-refractivity contribution < 1.29 is 19.2 Å². The number of carbonyl (C=O) groups excluding carboxylic acids is 2. The molecule has 1 saturated heterocycles. The number of likely N-dealkylation sites (tertiary alicyclic amines) is 1. The largest absolute Gasteiger partial charge is 0.465 e. The Morgan fingerprint density at radius 1 is 1.03 bits per heavy atom. The van der Waals surface area contributed by atoms with Gasteiger partial charge >= 0.3 is 5.97 Å². The number of methoxy groups -OCH3 is 1. The van der Waals surface area contributed by atoms with Crippen LogP contribution in [0.4, 0.5) is 17.1 Å². The quantitative estimate of drug-likeness (QED) is 0.201. The van der Waals surface area contributed by atoms with E-state index in [0.717, 1.165) is 19.6 Å². The van der Waals surface area contributed by atoms with E-state index in [9.17, 15) is 19.7 Å². The van der Waals surface area contributed by atoms with Gasteiger partial charge in [0.25, 0.3) is 5.69 Å². The van der Waals surface area contributed by atoms with Crippen molar-refractivity contribution >= 4 is 34.7 Å². The van der Waals surface area contributed by atoms with Gasteiger partial charge in [-0.2, -0.15) is 0 Å². The molecule has 2 aliphatic rings. The second-order valence-electron chi connectivity index (χ2n) is 9.52. The van der Waals surface area contributed by atoms with E-state index in [2.05, 4.69) is 10.2 Å². The molecule has 1 N–H and O–H groups in total. The molecule has 0 aromatic heterocycles. The van der Waals surface area contributed by atoms with Crippen molar-refractivity contribution in [3.8, 4) is 0 Å². The van der Waals surface area contributed by atoms with Gasteiger partial charge in [0, 0.05) is 29.9 Å². The SMILES string of the molecule is COC(=O)c1ccc(C(=Nc2ccc(CN3CCCCC3)cc2)C2C(=O)Nc3ccc([N+](=O)[O-])cc32)cc1. The predicted molar refractivity (Wildman–Crippen MR) is 144 cm³/mol. The number of fused-ring (bicyclic) bond motifs is 1. The van der Waals surface area contributed by atoms with Crippen molar-refractivity contribution in [2.75, 3.05) is 25.5 Å². The van der Waals surface area contributed by atoms with Crippen molar-refractivity contribution in [1.82, 2.24) is 4.90 Å². The highest BCUT2D eigenvalue weighted by atomic mass is 16.6. The number of benzene rings is 3. The van der Waals surface area contributed by atoms with E-state index >= 15 is 0 Å². The van der Waals surface area contributed by atoms with Gasteiger partial charge in [-0.1, -0.05) is 30.7 Å². The fraction of sp³-hybridized carbons (Fsp3) is 0.276. The molecular formula is C29H28N4O5. The topological polar surface area (TPSA) is 114 Å². The van der Waals surface area contributed by atoms with Gasteiger partial charge in [-0.3, -0.25) is 24.8 Å². The number of hydrogen-bond acceptors (Lipinski definition) is 7. The molecule has 9 heteroatoms. The van der Waals surface area contributed by atoms with Gasteiger partial charge in [0.2, 0.25) is 5.91 Å². The fourth-order valence-corrected chi connectivity index (χ4v) is 5.02. The second kappa shape index (κ2) is 10.9. The zero-order valence-corrected chi connectivity index (χ0v) is 21.1. The Morgan fingerprint density at radius 3 is 2.37 bits per heavy atom. The van der Waals surface area contributed by atoms with Crippen molar-refractivity contribution in [2.24, 2.45) is 4.99 Å². The van der Waals surface area contributed by atoms with Gasteiger partial charge in [-0.25, -0.2) is 4.79 Å². The fourth-order valence-electron chi connectivity index (χ4n) is 5.02. The lowest BCUT2D eigenvalue weighted by Crippen LogP contribution is -2.28. The number of nitrogens with one attached hydrogen (secondary N) is 1. The molecule has 194 valence electrons. The molecule has 0 saturated carbocycles. The molecule has 3 aromatic rings. The molecule has 2 heterocycles. The van der Waals surface area contributed by atoms with Crippen LogP contribution in [0.25, 0.3) is 0 Å². The molecule has 9 nitrogen and oxygen atoms in total. The minimum Gasteiger partial charge on any atom is -0.465 e. The first-order valence-corrected chi connectivity index (χ1v) is 12.6. The molecule has 1 unspecified atom stereocenters. The molecule has 5 rings (SSSR count). The van der Waals surface area contributed by atoms with E-state index in [4.69, 9.17) is 9.73 Å². The van der Waals surface area contributed by atoms with Gasteiger partial charge in [-0.15, -0.1) is 0 Å². The summed E-state index contributed by atoms with van der Waals surface area (Å²) >= 11 is 0. The Balaban J connectivity index is 1.53. The third-order valence-electron chi connectivity index (χ3n) is 6.99. The third-order valence-corrected chi connectivity index (χ3v) is 6.99. The van der Waals surface area contributed by atoms with E-state index in [0.29, 0.717) is 33.8 Å². The number of amides is 1. The summed E-state index contributed by atoms with van der Waals surface area (Å²) in [6.07, 6.45) is 3.74. The number of piperidine rings is 1. The molecule has 2 aliphatic heterocycles. The van der Waals surface area contributed by atoms with E-state index in [1.807, 2.05) is 24.3 Å². The maximum atomic E-state index is 13.2. The summed E-state index contributed by atoms with van der Waals surface area (Å²) in [6.45, 7) is 3.09. The summed E-state index contributed by atoms with van der Waals surface area (Å²) in [5, 5.41) is 14.3. The van der Waals surface area contributed by atoms with Crippen molar-refractivity contribution in [1.29, 1.82) is 0 Å². The summed E-state index contributed by atoms with van der Waals surface area (Å²) in [7, 11) is 1.31. The number of aliphatic imine (C=N–C) groups is 1. The Hall–Kier alpha value is -4.37. The van der Waals surface area contributed by atoms with E-state index in [-0.39, 0.29) is 11.6 Å². The molecule has 1 amide bonds. The predicted octanol–water partition coefficient (Wildman–Crippen LogP) is 5.22. The zero-order chi connectivity index (χ0) is 26.6. The molecule has 3 aromatic carbocycles. The van der Waals surface area contributed by atoms with E-state index < -0.39 is 16.8 Å². The number of hydrogen-bond donors (Lipinski definition) is 1. The molecular weight excluding hydrogens is 484 g/mol. The third kappa shape index (κ3) is 5.33. The van der Waals surface area contributed by atoms with Crippen LogP contribution >= 0.6 is 0 Å². The standard InChI is InChI=1S/C29H28N4O5/c1-38-29(35)21-9-7-20(8-10-21)27(26-24-17-23(33(36)37)13-14-25(24)31-28(26)34)30-22-11-5-19(6-12-22)18-32-15-3-2-4-16-32/h5-14,17,26H,2-4,15-16,18H2,1H3,(H,31,34). The number of nitro benzene ring substituents is 1. The summed E-state index contributed by atoms with van der Waals surface area (Å²) in [5.41, 5.74) is 4.16. The summed E-state index contributed by atoms with van der Waals surface area (Å²) in [5.74, 6) is -1.65. The molecule has 1 atom stereocenters. The average Bonchev–Trinajstić information content (AvgIpc) is 3.27. The van der Waals surface area contributed by atoms with Crippen LogP contribution < -0.4 is 5.32 Å². The molecule has 0 bridgehead atoms. The van der Waals surface area contributed by atoms with Gasteiger partial charge in [-0.05, 0) is 67.4 Å². The number of non-ortho nitro benzene ring substituents is 1. The number of nitro groups is 1. The lowest BCUT2D eigenvalue weighted by molar-refractivity contribution is -0.384. The highest BCUT2D eigenvalue weighted by molar-refractivity contribution is 6.24. The van der Waals surface area contributed by atoms with Crippen LogP contribution in [0, 0.1) is 10.1 Å². The Labute approximate surface area is 220 Å². The first-order valence-electron chi connectivity index (χ1n) is 12.6. The van der Waals surface area contributed by atoms with Gasteiger partial charge < -0.3 is 10.1 Å². The monoisotopic (exact) mass is 512 g/mol. The molecule has 38 heavy (non-hydrogen) atoms. The lowest BCUT2D eigenvalue weighted by atomic mass is 9.90. The van der Waals surface area contributed by atoms with Crippen molar-refractivity contribution in [3.63, 3.8) is 0 Å². The van der Waals surface area contributed by atoms with E-state index in [1.165, 1.54) is 44.1 Å². The summed E-state index contributed by atoms with van der Waals surface area (Å²) in [6, 6.07) is 18.9. The van der Waals surface area contributed by atoms with Crippen LogP contribution in [0.5, 0.6) is 0 Å².